The molecular formula is C12H14ClF2N5O. The summed E-state index contributed by atoms with van der Waals surface area (Å²) < 4.78 is 26.9. The molecule has 0 aromatic carbocycles. The van der Waals surface area contributed by atoms with Crippen LogP contribution < -0.4 is 0 Å². The molecule has 6 nitrogen and oxygen atoms in total. The summed E-state index contributed by atoms with van der Waals surface area (Å²) in [6.07, 6.45) is 2.73. The first-order chi connectivity index (χ1) is 9.92. The summed E-state index contributed by atoms with van der Waals surface area (Å²) in [6, 6.07) is 1.25. The molecular weight excluding hydrogens is 304 g/mol. The summed E-state index contributed by atoms with van der Waals surface area (Å²) in [7, 11) is 1.53. The highest BCUT2D eigenvalue weighted by molar-refractivity contribution is 6.31. The van der Waals surface area contributed by atoms with Crippen LogP contribution in [0.25, 0.3) is 0 Å². The smallest absolute Gasteiger partial charge is 0.333 e. The van der Waals surface area contributed by atoms with Gasteiger partial charge >= 0.3 is 6.55 Å². The number of alkyl halides is 2. The molecule has 0 aliphatic rings. The van der Waals surface area contributed by atoms with Crippen molar-refractivity contribution in [1.29, 1.82) is 0 Å². The van der Waals surface area contributed by atoms with Crippen LogP contribution in [0.4, 0.5) is 8.78 Å². The molecule has 0 saturated carbocycles. The van der Waals surface area contributed by atoms with Crippen LogP contribution in [0.3, 0.4) is 0 Å². The molecule has 1 amide bonds. The molecule has 0 fully saturated rings. The lowest BCUT2D eigenvalue weighted by Gasteiger charge is -2.14. The van der Waals surface area contributed by atoms with E-state index in [-0.39, 0.29) is 12.2 Å². The number of nitrogens with zero attached hydrogens (tertiary/aromatic N) is 5. The van der Waals surface area contributed by atoms with Crippen molar-refractivity contribution < 1.29 is 13.6 Å². The highest BCUT2D eigenvalue weighted by Crippen LogP contribution is 2.17. The van der Waals surface area contributed by atoms with E-state index in [1.807, 2.05) is 6.92 Å². The number of hydrogen-bond acceptors (Lipinski definition) is 3. The maximum absolute atomic E-state index is 12.4. The number of aromatic nitrogens is 4. The van der Waals surface area contributed by atoms with Gasteiger partial charge in [-0.1, -0.05) is 11.6 Å². The third kappa shape index (κ3) is 3.38. The van der Waals surface area contributed by atoms with Crippen molar-refractivity contribution >= 4 is 17.5 Å². The summed E-state index contributed by atoms with van der Waals surface area (Å²) in [5, 5.41) is 8.21. The van der Waals surface area contributed by atoms with Crippen molar-refractivity contribution in [1.82, 2.24) is 24.5 Å². The molecule has 2 aromatic heterocycles. The number of rotatable bonds is 5. The third-order valence-electron chi connectivity index (χ3n) is 2.87. The van der Waals surface area contributed by atoms with E-state index in [4.69, 9.17) is 11.6 Å². The van der Waals surface area contributed by atoms with E-state index >= 15 is 0 Å². The van der Waals surface area contributed by atoms with Crippen LogP contribution >= 0.6 is 11.6 Å². The van der Waals surface area contributed by atoms with Gasteiger partial charge < -0.3 is 4.90 Å². The number of amides is 1. The Morgan fingerprint density at radius 1 is 1.48 bits per heavy atom. The van der Waals surface area contributed by atoms with Crippen molar-refractivity contribution in [3.8, 4) is 0 Å². The van der Waals surface area contributed by atoms with E-state index < -0.39 is 12.5 Å². The molecule has 2 rings (SSSR count). The van der Waals surface area contributed by atoms with Crippen LogP contribution in [0.5, 0.6) is 0 Å². The zero-order valence-corrected chi connectivity index (χ0v) is 12.3. The molecule has 0 spiro atoms. The zero-order valence-electron chi connectivity index (χ0n) is 11.5. The van der Waals surface area contributed by atoms with E-state index in [0.717, 1.165) is 6.20 Å². The van der Waals surface area contributed by atoms with Crippen LogP contribution in [-0.4, -0.2) is 37.4 Å². The molecule has 0 bridgehead atoms. The molecule has 2 aromatic rings. The topological polar surface area (TPSA) is 56.0 Å². The molecule has 0 aliphatic carbocycles. The maximum atomic E-state index is 12.4. The van der Waals surface area contributed by atoms with Gasteiger partial charge in [0.1, 0.15) is 5.69 Å². The van der Waals surface area contributed by atoms with Gasteiger partial charge in [0.2, 0.25) is 0 Å². The van der Waals surface area contributed by atoms with Crippen molar-refractivity contribution in [2.45, 2.75) is 26.6 Å². The number of aryl methyl sites for hydroxylation is 1. The van der Waals surface area contributed by atoms with E-state index in [1.54, 1.807) is 10.9 Å². The SMILES string of the molecule is CCn1cc(Cl)c(CN(C)C(=O)c2ccn(C(F)F)n2)n1. The highest BCUT2D eigenvalue weighted by Gasteiger charge is 2.19. The fourth-order valence-electron chi connectivity index (χ4n) is 1.76. The fourth-order valence-corrected chi connectivity index (χ4v) is 1.97. The first-order valence-corrected chi connectivity index (χ1v) is 6.60. The highest BCUT2D eigenvalue weighted by atomic mass is 35.5. The van der Waals surface area contributed by atoms with Gasteiger partial charge in [0.25, 0.3) is 5.91 Å². The summed E-state index contributed by atoms with van der Waals surface area (Å²) >= 11 is 6.02. The second kappa shape index (κ2) is 6.21. The minimum absolute atomic E-state index is 0.0520. The Labute approximate surface area is 124 Å². The molecule has 0 radical (unpaired) electrons. The van der Waals surface area contributed by atoms with Crippen molar-refractivity contribution in [2.24, 2.45) is 0 Å². The average Bonchev–Trinajstić information content (AvgIpc) is 3.05. The standard InChI is InChI=1S/C12H14ClF2N5O/c1-3-19-6-8(13)10(16-19)7-18(2)11(21)9-4-5-20(17-9)12(14)15/h4-6,12H,3,7H2,1-2H3. The molecule has 0 saturated heterocycles. The van der Waals surface area contributed by atoms with Crippen molar-refractivity contribution in [2.75, 3.05) is 7.05 Å². The first kappa shape index (κ1) is 15.4. The van der Waals surface area contributed by atoms with Crippen LogP contribution in [0.2, 0.25) is 5.02 Å². The Morgan fingerprint density at radius 2 is 2.19 bits per heavy atom. The van der Waals surface area contributed by atoms with Gasteiger partial charge in [-0.05, 0) is 13.0 Å². The molecule has 2 heterocycles. The van der Waals surface area contributed by atoms with E-state index in [0.29, 0.717) is 21.9 Å². The molecule has 21 heavy (non-hydrogen) atoms. The summed E-state index contributed by atoms with van der Waals surface area (Å²) in [5.74, 6) is -0.475. The largest absolute Gasteiger partial charge is 0.334 e. The first-order valence-electron chi connectivity index (χ1n) is 6.23. The maximum Gasteiger partial charge on any atom is 0.333 e. The van der Waals surface area contributed by atoms with Crippen LogP contribution in [0.1, 0.15) is 29.7 Å². The summed E-state index contributed by atoms with van der Waals surface area (Å²) in [5.41, 5.74) is 0.492. The fraction of sp³-hybridized carbons (Fsp3) is 0.417. The molecule has 0 aliphatic heterocycles. The Hall–Kier alpha value is -1.96. The second-order valence-corrected chi connectivity index (χ2v) is 4.81. The molecule has 9 heteroatoms. The summed E-state index contributed by atoms with van der Waals surface area (Å²) in [6.45, 7) is -0.0204. The van der Waals surface area contributed by atoms with E-state index in [9.17, 15) is 13.6 Å². The Kier molecular flexibility index (Phi) is 4.56. The molecule has 0 atom stereocenters. The van der Waals surface area contributed by atoms with Gasteiger partial charge in [-0.2, -0.15) is 19.0 Å². The Balaban J connectivity index is 2.09. The van der Waals surface area contributed by atoms with E-state index in [1.165, 1.54) is 18.0 Å². The number of halogens is 3. The Bertz CT molecular complexity index is 639. The number of hydrogen-bond donors (Lipinski definition) is 0. The van der Waals surface area contributed by atoms with Crippen LogP contribution in [-0.2, 0) is 13.1 Å². The minimum Gasteiger partial charge on any atom is -0.334 e. The molecule has 0 N–H and O–H groups in total. The van der Waals surface area contributed by atoms with Crippen molar-refractivity contribution in [3.63, 3.8) is 0 Å². The van der Waals surface area contributed by atoms with Gasteiger partial charge in [0.15, 0.2) is 5.69 Å². The number of carbonyl (C=O) groups is 1. The Morgan fingerprint density at radius 3 is 2.71 bits per heavy atom. The number of carbonyl (C=O) groups excluding carboxylic acids is 1. The average molecular weight is 318 g/mol. The predicted molar refractivity (Wildman–Crippen MR) is 72.2 cm³/mol. The van der Waals surface area contributed by atoms with Gasteiger partial charge in [0.05, 0.1) is 11.6 Å². The van der Waals surface area contributed by atoms with Gasteiger partial charge in [-0.3, -0.25) is 9.48 Å². The van der Waals surface area contributed by atoms with Crippen LogP contribution in [0, 0.1) is 0 Å². The van der Waals surface area contributed by atoms with Crippen molar-refractivity contribution in [3.05, 3.63) is 34.9 Å². The monoisotopic (exact) mass is 317 g/mol. The predicted octanol–water partition coefficient (Wildman–Crippen LogP) is 2.42. The van der Waals surface area contributed by atoms with Crippen LogP contribution in [0.15, 0.2) is 18.5 Å². The zero-order chi connectivity index (χ0) is 15.6. The lowest BCUT2D eigenvalue weighted by Crippen LogP contribution is -2.27. The van der Waals surface area contributed by atoms with Gasteiger partial charge in [-0.25, -0.2) is 4.68 Å². The normalized spacial score (nSPS) is 11.1. The van der Waals surface area contributed by atoms with E-state index in [2.05, 4.69) is 10.2 Å². The quantitative estimate of drug-likeness (QED) is 0.851. The minimum atomic E-state index is -2.77. The van der Waals surface area contributed by atoms with Gasteiger partial charge in [-0.15, -0.1) is 0 Å². The second-order valence-electron chi connectivity index (χ2n) is 4.40. The lowest BCUT2D eigenvalue weighted by atomic mass is 10.3. The molecule has 0 unspecified atom stereocenters. The van der Waals surface area contributed by atoms with Gasteiger partial charge in [0, 0.05) is 26.0 Å². The summed E-state index contributed by atoms with van der Waals surface area (Å²) in [4.78, 5) is 13.4. The molecule has 114 valence electrons. The third-order valence-corrected chi connectivity index (χ3v) is 3.19. The lowest BCUT2D eigenvalue weighted by molar-refractivity contribution is 0.0553.